The van der Waals surface area contributed by atoms with Crippen LogP contribution in [0.4, 0.5) is 0 Å². The third-order valence-corrected chi connectivity index (χ3v) is 3.44. The molecule has 3 rings (SSSR count). The Balaban J connectivity index is 1.57. The minimum atomic E-state index is -0.210. The number of hydrogen-bond acceptors (Lipinski definition) is 6. The highest BCUT2D eigenvalue weighted by Gasteiger charge is 2.12. The van der Waals surface area contributed by atoms with E-state index in [1.165, 1.54) is 17.7 Å². The Kier molecular flexibility index (Phi) is 3.55. The molecule has 3 heterocycles. The highest BCUT2D eigenvalue weighted by molar-refractivity contribution is 7.13. The normalized spacial score (nSPS) is 10.6. The Morgan fingerprint density at radius 3 is 3.20 bits per heavy atom. The molecule has 0 spiro atoms. The summed E-state index contributed by atoms with van der Waals surface area (Å²) in [6, 6.07) is 3.60. The molecule has 0 saturated carbocycles. The zero-order chi connectivity index (χ0) is 13.8. The SMILES string of the molecule is O=C(NCCc1ncn[nH]1)c1csc(-c2ccco2)n1. The fourth-order valence-corrected chi connectivity index (χ4v) is 2.39. The molecule has 0 aliphatic carbocycles. The second kappa shape index (κ2) is 5.66. The van der Waals surface area contributed by atoms with Crippen LogP contribution in [0.25, 0.3) is 10.8 Å². The quantitative estimate of drug-likeness (QED) is 0.741. The average Bonchev–Trinajstić information content (AvgIpc) is 3.20. The molecule has 0 bridgehead atoms. The van der Waals surface area contributed by atoms with Crippen LogP contribution in [0.15, 0.2) is 34.5 Å². The number of aromatic amines is 1. The maximum absolute atomic E-state index is 11.9. The van der Waals surface area contributed by atoms with Crippen LogP contribution in [0.5, 0.6) is 0 Å². The van der Waals surface area contributed by atoms with E-state index in [0.717, 1.165) is 5.82 Å². The summed E-state index contributed by atoms with van der Waals surface area (Å²) in [6.07, 6.45) is 3.61. The zero-order valence-electron chi connectivity index (χ0n) is 10.4. The molecule has 0 aliphatic heterocycles. The minimum Gasteiger partial charge on any atom is -0.462 e. The van der Waals surface area contributed by atoms with Gasteiger partial charge in [-0.25, -0.2) is 9.97 Å². The second-order valence-electron chi connectivity index (χ2n) is 3.95. The topological polar surface area (TPSA) is 96.7 Å². The van der Waals surface area contributed by atoms with E-state index < -0.39 is 0 Å². The van der Waals surface area contributed by atoms with E-state index in [4.69, 9.17) is 4.42 Å². The Hall–Kier alpha value is -2.48. The van der Waals surface area contributed by atoms with Gasteiger partial charge in [-0.15, -0.1) is 11.3 Å². The lowest BCUT2D eigenvalue weighted by atomic mass is 10.4. The van der Waals surface area contributed by atoms with Crippen molar-refractivity contribution in [3.8, 4) is 10.8 Å². The Labute approximate surface area is 118 Å². The number of nitrogens with one attached hydrogen (secondary N) is 2. The Bertz CT molecular complexity index is 675. The number of rotatable bonds is 5. The first-order valence-electron chi connectivity index (χ1n) is 5.95. The lowest BCUT2D eigenvalue weighted by Gasteiger charge is -2.00. The third-order valence-electron chi connectivity index (χ3n) is 2.58. The van der Waals surface area contributed by atoms with E-state index in [1.807, 2.05) is 6.07 Å². The lowest BCUT2D eigenvalue weighted by Crippen LogP contribution is -2.26. The van der Waals surface area contributed by atoms with Gasteiger partial charge >= 0.3 is 0 Å². The Morgan fingerprint density at radius 2 is 2.45 bits per heavy atom. The van der Waals surface area contributed by atoms with Crippen molar-refractivity contribution in [2.45, 2.75) is 6.42 Å². The van der Waals surface area contributed by atoms with Gasteiger partial charge in [-0.3, -0.25) is 9.89 Å². The van der Waals surface area contributed by atoms with E-state index in [9.17, 15) is 4.79 Å². The first-order chi connectivity index (χ1) is 9.83. The van der Waals surface area contributed by atoms with Crippen LogP contribution in [-0.2, 0) is 6.42 Å². The van der Waals surface area contributed by atoms with Gasteiger partial charge in [0.2, 0.25) is 0 Å². The number of furan rings is 1. The molecular weight excluding hydrogens is 278 g/mol. The molecule has 0 radical (unpaired) electrons. The summed E-state index contributed by atoms with van der Waals surface area (Å²) >= 11 is 1.37. The first kappa shape index (κ1) is 12.5. The minimum absolute atomic E-state index is 0.210. The van der Waals surface area contributed by atoms with Crippen LogP contribution in [-0.4, -0.2) is 32.6 Å². The summed E-state index contributed by atoms with van der Waals surface area (Å²) in [4.78, 5) is 20.1. The molecule has 0 unspecified atom stereocenters. The molecule has 0 atom stereocenters. The molecule has 102 valence electrons. The van der Waals surface area contributed by atoms with Gasteiger partial charge in [0.05, 0.1) is 6.26 Å². The molecule has 3 aromatic heterocycles. The average molecular weight is 289 g/mol. The summed E-state index contributed by atoms with van der Waals surface area (Å²) in [6.45, 7) is 0.474. The molecule has 1 amide bonds. The predicted octanol–water partition coefficient (Wildman–Crippen LogP) is 1.49. The summed E-state index contributed by atoms with van der Waals surface area (Å²) in [5, 5.41) is 11.7. The van der Waals surface area contributed by atoms with E-state index >= 15 is 0 Å². The molecule has 7 nitrogen and oxygen atoms in total. The first-order valence-corrected chi connectivity index (χ1v) is 6.83. The van der Waals surface area contributed by atoms with Crippen LogP contribution in [0.1, 0.15) is 16.3 Å². The molecule has 8 heteroatoms. The number of carbonyl (C=O) groups is 1. The molecule has 20 heavy (non-hydrogen) atoms. The smallest absolute Gasteiger partial charge is 0.270 e. The van der Waals surface area contributed by atoms with Gasteiger partial charge in [0, 0.05) is 18.3 Å². The Morgan fingerprint density at radius 1 is 1.50 bits per heavy atom. The number of hydrogen-bond donors (Lipinski definition) is 2. The predicted molar refractivity (Wildman–Crippen MR) is 72.2 cm³/mol. The third kappa shape index (κ3) is 2.75. The zero-order valence-corrected chi connectivity index (χ0v) is 11.2. The number of H-pyrrole nitrogens is 1. The standard InChI is InChI=1S/C12H11N5O2S/c18-11(13-4-3-10-14-7-15-17-10)8-6-20-12(16-8)9-2-1-5-19-9/h1-2,5-7H,3-4H2,(H,13,18)(H,14,15,17). The van der Waals surface area contributed by atoms with Gasteiger partial charge in [0.1, 0.15) is 17.8 Å². The monoisotopic (exact) mass is 289 g/mol. The maximum atomic E-state index is 11.9. The number of amides is 1. The van der Waals surface area contributed by atoms with Crippen LogP contribution in [0.2, 0.25) is 0 Å². The fraction of sp³-hybridized carbons (Fsp3) is 0.167. The highest BCUT2D eigenvalue weighted by Crippen LogP contribution is 2.23. The molecule has 0 aliphatic rings. The highest BCUT2D eigenvalue weighted by atomic mass is 32.1. The van der Waals surface area contributed by atoms with E-state index in [0.29, 0.717) is 29.4 Å². The molecule has 0 saturated heterocycles. The van der Waals surface area contributed by atoms with Crippen molar-refractivity contribution in [1.29, 1.82) is 0 Å². The van der Waals surface area contributed by atoms with Crippen molar-refractivity contribution in [3.05, 3.63) is 41.6 Å². The van der Waals surface area contributed by atoms with Gasteiger partial charge in [-0.1, -0.05) is 0 Å². The van der Waals surface area contributed by atoms with Crippen LogP contribution in [0.3, 0.4) is 0 Å². The number of thiazole rings is 1. The number of aromatic nitrogens is 4. The summed E-state index contributed by atoms with van der Waals surface area (Å²) < 4.78 is 5.24. The van der Waals surface area contributed by atoms with Crippen molar-refractivity contribution < 1.29 is 9.21 Å². The van der Waals surface area contributed by atoms with Crippen molar-refractivity contribution in [2.75, 3.05) is 6.54 Å². The molecule has 0 fully saturated rings. The molecule has 3 aromatic rings. The van der Waals surface area contributed by atoms with Gasteiger partial charge in [-0.05, 0) is 12.1 Å². The summed E-state index contributed by atoms with van der Waals surface area (Å²) in [5.41, 5.74) is 0.388. The van der Waals surface area contributed by atoms with Gasteiger partial charge < -0.3 is 9.73 Å². The van der Waals surface area contributed by atoms with Crippen LogP contribution >= 0.6 is 11.3 Å². The van der Waals surface area contributed by atoms with Crippen LogP contribution in [0, 0.1) is 0 Å². The van der Waals surface area contributed by atoms with E-state index in [2.05, 4.69) is 25.5 Å². The van der Waals surface area contributed by atoms with E-state index in [-0.39, 0.29) is 5.91 Å². The van der Waals surface area contributed by atoms with Crippen molar-refractivity contribution in [3.63, 3.8) is 0 Å². The number of carbonyl (C=O) groups excluding carboxylic acids is 1. The second-order valence-corrected chi connectivity index (χ2v) is 4.81. The van der Waals surface area contributed by atoms with Gasteiger partial charge in [0.25, 0.3) is 5.91 Å². The summed E-state index contributed by atoms with van der Waals surface area (Å²) in [5.74, 6) is 1.19. The van der Waals surface area contributed by atoms with Gasteiger partial charge in [0.15, 0.2) is 10.8 Å². The van der Waals surface area contributed by atoms with Crippen molar-refractivity contribution in [1.82, 2.24) is 25.5 Å². The molecular formula is C12H11N5O2S. The van der Waals surface area contributed by atoms with Crippen molar-refractivity contribution in [2.24, 2.45) is 0 Å². The molecule has 0 aromatic carbocycles. The summed E-state index contributed by atoms with van der Waals surface area (Å²) in [7, 11) is 0. The molecule has 2 N–H and O–H groups in total. The fourth-order valence-electron chi connectivity index (χ4n) is 1.63. The number of nitrogens with zero attached hydrogens (tertiary/aromatic N) is 3. The van der Waals surface area contributed by atoms with E-state index in [1.54, 1.807) is 17.7 Å². The lowest BCUT2D eigenvalue weighted by molar-refractivity contribution is 0.0950. The maximum Gasteiger partial charge on any atom is 0.270 e. The van der Waals surface area contributed by atoms with Crippen LogP contribution < -0.4 is 5.32 Å². The van der Waals surface area contributed by atoms with Crippen molar-refractivity contribution >= 4 is 17.2 Å². The largest absolute Gasteiger partial charge is 0.462 e. The van der Waals surface area contributed by atoms with Gasteiger partial charge in [-0.2, -0.15) is 5.10 Å².